The SMILES string of the molecule is CCOC1(C)/C(=C/CP(=O)(OCC)OCC)Sc2nc3ccccc3n21. The van der Waals surface area contributed by atoms with E-state index in [0.29, 0.717) is 19.8 Å². The molecule has 0 saturated carbocycles. The quantitative estimate of drug-likeness (QED) is 0.585. The van der Waals surface area contributed by atoms with Crippen LogP contribution in [0.15, 0.2) is 40.4 Å². The summed E-state index contributed by atoms with van der Waals surface area (Å²) in [6, 6.07) is 8.01. The van der Waals surface area contributed by atoms with Crippen molar-refractivity contribution < 1.29 is 18.3 Å². The number of thioether (sulfide) groups is 1. The standard InChI is InChI=1S/C18H25N2O4PS/c1-5-22-18(4)16(12-13-25(21,23-6-2)24-7-3)26-17-19-14-10-8-9-11-15(14)20(17)18/h8-12H,5-7,13H2,1-4H3/b16-12-. The summed E-state index contributed by atoms with van der Waals surface area (Å²) in [6.45, 7) is 8.87. The average Bonchev–Trinajstić information content (AvgIpc) is 3.09. The molecule has 0 amide bonds. The number of para-hydroxylation sites is 2. The molecule has 0 bridgehead atoms. The summed E-state index contributed by atoms with van der Waals surface area (Å²) in [6.07, 6.45) is 2.12. The second-order valence-electron chi connectivity index (χ2n) is 5.93. The van der Waals surface area contributed by atoms with Crippen molar-refractivity contribution in [3.05, 3.63) is 35.2 Å². The van der Waals surface area contributed by atoms with Crippen LogP contribution in [0.3, 0.4) is 0 Å². The van der Waals surface area contributed by atoms with Gasteiger partial charge in [0, 0.05) is 11.5 Å². The van der Waals surface area contributed by atoms with Crippen molar-refractivity contribution in [3.8, 4) is 0 Å². The second kappa shape index (κ2) is 7.87. The first-order valence-corrected chi connectivity index (χ1v) is 11.4. The summed E-state index contributed by atoms with van der Waals surface area (Å²) in [5, 5.41) is 0.871. The highest BCUT2D eigenvalue weighted by molar-refractivity contribution is 8.03. The number of fused-ring (bicyclic) bond motifs is 3. The van der Waals surface area contributed by atoms with Crippen molar-refractivity contribution in [1.29, 1.82) is 0 Å². The molecule has 8 heteroatoms. The highest BCUT2D eigenvalue weighted by Gasteiger charge is 2.43. The molecule has 0 spiro atoms. The van der Waals surface area contributed by atoms with Gasteiger partial charge >= 0.3 is 7.60 Å². The minimum Gasteiger partial charge on any atom is -0.351 e. The number of hydrogen-bond acceptors (Lipinski definition) is 6. The first kappa shape index (κ1) is 19.6. The van der Waals surface area contributed by atoms with Gasteiger partial charge in [0.25, 0.3) is 0 Å². The van der Waals surface area contributed by atoms with Gasteiger partial charge in [-0.25, -0.2) is 4.98 Å². The Kier molecular flexibility index (Phi) is 5.94. The maximum atomic E-state index is 12.8. The molecule has 3 rings (SSSR count). The van der Waals surface area contributed by atoms with Crippen LogP contribution in [0.25, 0.3) is 11.0 Å². The van der Waals surface area contributed by atoms with Crippen molar-refractivity contribution in [2.45, 2.75) is 38.6 Å². The van der Waals surface area contributed by atoms with Crippen molar-refractivity contribution >= 4 is 30.4 Å². The maximum Gasteiger partial charge on any atom is 0.334 e. The zero-order valence-corrected chi connectivity index (χ0v) is 17.3. The van der Waals surface area contributed by atoms with Gasteiger partial charge in [0.15, 0.2) is 10.9 Å². The molecule has 2 heterocycles. The molecule has 1 atom stereocenters. The van der Waals surface area contributed by atoms with Gasteiger partial charge in [-0.2, -0.15) is 0 Å². The largest absolute Gasteiger partial charge is 0.351 e. The van der Waals surface area contributed by atoms with Gasteiger partial charge in [-0.1, -0.05) is 30.0 Å². The Bertz CT molecular complexity index is 856. The van der Waals surface area contributed by atoms with E-state index in [1.807, 2.05) is 58.0 Å². The van der Waals surface area contributed by atoms with Crippen LogP contribution >= 0.6 is 19.4 Å². The summed E-state index contributed by atoms with van der Waals surface area (Å²) in [5.74, 6) is 0. The first-order valence-electron chi connectivity index (χ1n) is 8.86. The lowest BCUT2D eigenvalue weighted by molar-refractivity contribution is -0.0488. The van der Waals surface area contributed by atoms with Crippen LogP contribution < -0.4 is 0 Å². The second-order valence-corrected chi connectivity index (χ2v) is 9.05. The molecule has 0 radical (unpaired) electrons. The number of nitrogens with zero attached hydrogens (tertiary/aromatic N) is 2. The summed E-state index contributed by atoms with van der Waals surface area (Å²) in [7, 11) is -3.15. The predicted octanol–water partition coefficient (Wildman–Crippen LogP) is 5.00. The summed E-state index contributed by atoms with van der Waals surface area (Å²) < 4.78 is 31.9. The fraction of sp³-hybridized carbons (Fsp3) is 0.500. The highest BCUT2D eigenvalue weighted by Crippen LogP contribution is 2.53. The number of benzene rings is 1. The van der Waals surface area contributed by atoms with Crippen LogP contribution in [-0.4, -0.2) is 35.5 Å². The van der Waals surface area contributed by atoms with Crippen LogP contribution in [-0.2, 0) is 24.1 Å². The van der Waals surface area contributed by atoms with Crippen molar-refractivity contribution in [2.24, 2.45) is 0 Å². The Morgan fingerprint density at radius 2 is 1.88 bits per heavy atom. The van der Waals surface area contributed by atoms with Crippen molar-refractivity contribution in [1.82, 2.24) is 9.55 Å². The molecule has 6 nitrogen and oxygen atoms in total. The lowest BCUT2D eigenvalue weighted by Crippen LogP contribution is -2.31. The monoisotopic (exact) mass is 396 g/mol. The molecule has 1 aromatic heterocycles. The predicted molar refractivity (Wildman–Crippen MR) is 105 cm³/mol. The van der Waals surface area contributed by atoms with Crippen LogP contribution in [0.1, 0.15) is 27.7 Å². The van der Waals surface area contributed by atoms with Gasteiger partial charge in [-0.15, -0.1) is 0 Å². The maximum absolute atomic E-state index is 12.8. The third-order valence-corrected chi connectivity index (χ3v) is 7.35. The molecule has 0 N–H and O–H groups in total. The third kappa shape index (κ3) is 3.51. The topological polar surface area (TPSA) is 62.6 Å². The number of imidazole rings is 1. The molecular formula is C18H25N2O4PS. The van der Waals surface area contributed by atoms with Gasteiger partial charge in [0.1, 0.15) is 0 Å². The lowest BCUT2D eigenvalue weighted by atomic mass is 10.2. The Morgan fingerprint density at radius 1 is 1.19 bits per heavy atom. The number of rotatable bonds is 8. The van der Waals surface area contributed by atoms with Gasteiger partial charge in [-0.05, 0) is 39.8 Å². The molecule has 0 aliphatic carbocycles. The molecular weight excluding hydrogens is 371 g/mol. The van der Waals surface area contributed by atoms with Crippen LogP contribution in [0, 0.1) is 0 Å². The van der Waals surface area contributed by atoms with E-state index in [1.54, 1.807) is 11.8 Å². The van der Waals surface area contributed by atoms with E-state index < -0.39 is 13.3 Å². The summed E-state index contributed by atoms with van der Waals surface area (Å²) in [4.78, 5) is 5.66. The minimum atomic E-state index is -3.15. The van der Waals surface area contributed by atoms with Gasteiger partial charge < -0.3 is 13.8 Å². The van der Waals surface area contributed by atoms with Crippen molar-refractivity contribution in [2.75, 3.05) is 26.0 Å². The number of hydrogen-bond donors (Lipinski definition) is 0. The Morgan fingerprint density at radius 3 is 2.54 bits per heavy atom. The van der Waals surface area contributed by atoms with Crippen LogP contribution in [0.2, 0.25) is 0 Å². The zero-order chi connectivity index (χ0) is 18.8. The molecule has 142 valence electrons. The fourth-order valence-corrected chi connectivity index (χ4v) is 5.98. The van der Waals surface area contributed by atoms with E-state index in [1.165, 1.54) is 0 Å². The average molecular weight is 396 g/mol. The molecule has 1 aliphatic heterocycles. The zero-order valence-electron chi connectivity index (χ0n) is 15.6. The smallest absolute Gasteiger partial charge is 0.334 e. The fourth-order valence-electron chi connectivity index (χ4n) is 3.17. The van der Waals surface area contributed by atoms with Gasteiger partial charge in [0.05, 0.1) is 30.4 Å². The number of allylic oxidation sites excluding steroid dienone is 1. The molecule has 1 unspecified atom stereocenters. The first-order chi connectivity index (χ1) is 12.5. The molecule has 1 aliphatic rings. The molecule has 2 aromatic rings. The molecule has 26 heavy (non-hydrogen) atoms. The highest BCUT2D eigenvalue weighted by atomic mass is 32.2. The van der Waals surface area contributed by atoms with Crippen molar-refractivity contribution in [3.63, 3.8) is 0 Å². The number of aromatic nitrogens is 2. The Labute approximate surface area is 158 Å². The van der Waals surface area contributed by atoms with E-state index in [9.17, 15) is 4.57 Å². The Balaban J connectivity index is 1.99. The van der Waals surface area contributed by atoms with E-state index in [2.05, 4.69) is 4.57 Å². The minimum absolute atomic E-state index is 0.211. The number of ether oxygens (including phenoxy) is 1. The summed E-state index contributed by atoms with van der Waals surface area (Å²) >= 11 is 1.54. The third-order valence-electron chi connectivity index (χ3n) is 4.19. The van der Waals surface area contributed by atoms with E-state index >= 15 is 0 Å². The molecule has 0 fully saturated rings. The van der Waals surface area contributed by atoms with Gasteiger partial charge in [-0.3, -0.25) is 9.13 Å². The van der Waals surface area contributed by atoms with Crippen LogP contribution in [0.5, 0.6) is 0 Å². The molecule has 0 saturated heterocycles. The van der Waals surface area contributed by atoms with E-state index in [4.69, 9.17) is 18.8 Å². The molecule has 1 aromatic carbocycles. The van der Waals surface area contributed by atoms with Crippen LogP contribution in [0.4, 0.5) is 0 Å². The Hall–Kier alpha value is -1.11. The van der Waals surface area contributed by atoms with Gasteiger partial charge in [0.2, 0.25) is 0 Å². The lowest BCUT2D eigenvalue weighted by Gasteiger charge is -2.28. The van der Waals surface area contributed by atoms with E-state index in [0.717, 1.165) is 21.1 Å². The van der Waals surface area contributed by atoms with E-state index in [-0.39, 0.29) is 6.16 Å². The normalized spacial score (nSPS) is 21.6. The summed E-state index contributed by atoms with van der Waals surface area (Å²) in [5.41, 5.74) is 1.27.